The molecule has 0 unspecified atom stereocenters. The van der Waals surface area contributed by atoms with E-state index in [4.69, 9.17) is 0 Å². The van der Waals surface area contributed by atoms with Gasteiger partial charge in [-0.3, -0.25) is 4.79 Å². The van der Waals surface area contributed by atoms with Crippen LogP contribution in [0.1, 0.15) is 0 Å². The van der Waals surface area contributed by atoms with Crippen molar-refractivity contribution in [1.82, 2.24) is 5.32 Å². The molecule has 0 saturated carbocycles. The summed E-state index contributed by atoms with van der Waals surface area (Å²) < 4.78 is 4.43. The number of carbonyl (C=O) groups excluding carboxylic acids is 2. The Bertz CT molecular complexity index is 171. The second-order valence-corrected chi connectivity index (χ2v) is 1.56. The molecule has 62 valence electrons. The fraction of sp³-hybridized carbons (Fsp3) is 0.143. The Kier molecular flexibility index (Phi) is 9.92. The topological polar surface area (TPSA) is 55.4 Å². The third kappa shape index (κ3) is 7.53. The first-order valence-corrected chi connectivity index (χ1v) is 2.90. The normalized spacial score (nSPS) is 7.33. The number of hydrogen-bond acceptors (Lipinski definition) is 3. The van der Waals surface area contributed by atoms with Gasteiger partial charge in [-0.1, -0.05) is 13.2 Å². The minimum absolute atomic E-state index is 0. The standard InChI is InChI=1S/C7H9NO3.Na.H/c1-3-6(9)8-5-11-7(10)4-2;;/h3-4H,1-2,5H2,(H,8,9);;. The van der Waals surface area contributed by atoms with Crippen LogP contribution in [0.3, 0.4) is 0 Å². The second kappa shape index (κ2) is 8.52. The Morgan fingerprint density at radius 3 is 2.33 bits per heavy atom. The summed E-state index contributed by atoms with van der Waals surface area (Å²) >= 11 is 0. The molecule has 0 radical (unpaired) electrons. The maximum absolute atomic E-state index is 10.4. The molecule has 0 fully saturated rings. The van der Waals surface area contributed by atoms with Crippen molar-refractivity contribution in [2.24, 2.45) is 0 Å². The molecular formula is C7H10NNaO3. The third-order valence-electron chi connectivity index (χ3n) is 0.813. The van der Waals surface area contributed by atoms with Crippen LogP contribution in [0.2, 0.25) is 0 Å². The van der Waals surface area contributed by atoms with Crippen LogP contribution in [-0.2, 0) is 14.3 Å². The van der Waals surface area contributed by atoms with Gasteiger partial charge >= 0.3 is 35.5 Å². The fourth-order valence-electron chi connectivity index (χ4n) is 0.309. The van der Waals surface area contributed by atoms with Gasteiger partial charge in [-0.2, -0.15) is 0 Å². The summed E-state index contributed by atoms with van der Waals surface area (Å²) in [5, 5.41) is 2.25. The molecule has 5 heteroatoms. The molecule has 0 atom stereocenters. The molecule has 0 aromatic heterocycles. The average molecular weight is 179 g/mol. The summed E-state index contributed by atoms with van der Waals surface area (Å²) in [6.07, 6.45) is 2.10. The first kappa shape index (κ1) is 14.0. The molecule has 0 bridgehead atoms. The molecule has 0 saturated heterocycles. The van der Waals surface area contributed by atoms with Crippen molar-refractivity contribution in [3.05, 3.63) is 25.3 Å². The number of esters is 1. The van der Waals surface area contributed by atoms with E-state index in [0.717, 1.165) is 12.2 Å². The number of nitrogens with one attached hydrogen (secondary N) is 1. The van der Waals surface area contributed by atoms with Crippen LogP contribution in [-0.4, -0.2) is 48.2 Å². The van der Waals surface area contributed by atoms with E-state index in [0.29, 0.717) is 0 Å². The Morgan fingerprint density at radius 2 is 1.92 bits per heavy atom. The van der Waals surface area contributed by atoms with Gasteiger partial charge in [0.25, 0.3) is 0 Å². The summed E-state index contributed by atoms with van der Waals surface area (Å²) in [5.74, 6) is -0.962. The van der Waals surface area contributed by atoms with E-state index in [9.17, 15) is 9.59 Å². The number of hydrogen-bond donors (Lipinski definition) is 1. The summed E-state index contributed by atoms with van der Waals surface area (Å²) in [4.78, 5) is 20.8. The van der Waals surface area contributed by atoms with E-state index in [1.807, 2.05) is 0 Å². The number of carbonyl (C=O) groups is 2. The van der Waals surface area contributed by atoms with Gasteiger partial charge in [0.05, 0.1) is 0 Å². The van der Waals surface area contributed by atoms with E-state index in [-0.39, 0.29) is 42.2 Å². The molecule has 0 heterocycles. The van der Waals surface area contributed by atoms with Crippen LogP contribution < -0.4 is 5.32 Å². The van der Waals surface area contributed by atoms with E-state index in [1.165, 1.54) is 0 Å². The Hall–Kier alpha value is -0.580. The summed E-state index contributed by atoms with van der Waals surface area (Å²) in [6.45, 7) is 6.22. The quantitative estimate of drug-likeness (QED) is 0.269. The zero-order chi connectivity index (χ0) is 8.69. The van der Waals surface area contributed by atoms with Gasteiger partial charge < -0.3 is 10.1 Å². The van der Waals surface area contributed by atoms with E-state index < -0.39 is 5.97 Å². The van der Waals surface area contributed by atoms with Crippen LogP contribution in [0.15, 0.2) is 25.3 Å². The number of ether oxygens (including phenoxy) is 1. The second-order valence-electron chi connectivity index (χ2n) is 1.56. The first-order valence-electron chi connectivity index (χ1n) is 2.90. The molecule has 4 nitrogen and oxygen atoms in total. The molecule has 12 heavy (non-hydrogen) atoms. The van der Waals surface area contributed by atoms with Crippen LogP contribution in [0.5, 0.6) is 0 Å². The van der Waals surface area contributed by atoms with Gasteiger partial charge in [-0.15, -0.1) is 0 Å². The molecule has 0 aliphatic rings. The number of amides is 1. The zero-order valence-corrected chi connectivity index (χ0v) is 6.00. The van der Waals surface area contributed by atoms with Gasteiger partial charge in [-0.25, -0.2) is 4.79 Å². The van der Waals surface area contributed by atoms with Crippen LogP contribution in [0.4, 0.5) is 0 Å². The Morgan fingerprint density at radius 1 is 1.33 bits per heavy atom. The van der Waals surface area contributed by atoms with Gasteiger partial charge in [0.2, 0.25) is 5.91 Å². The third-order valence-corrected chi connectivity index (χ3v) is 0.813. The van der Waals surface area contributed by atoms with Crippen molar-refractivity contribution in [2.75, 3.05) is 6.73 Å². The fourth-order valence-corrected chi connectivity index (χ4v) is 0.309. The Balaban J connectivity index is 0. The summed E-state index contributed by atoms with van der Waals surface area (Å²) in [5.41, 5.74) is 0. The first-order chi connectivity index (χ1) is 5.20. The molecule has 0 spiro atoms. The van der Waals surface area contributed by atoms with E-state index in [1.54, 1.807) is 0 Å². The SMILES string of the molecule is C=CC(=O)NCOC(=O)C=C.[NaH]. The molecule has 0 aromatic carbocycles. The molecule has 0 aromatic rings. The van der Waals surface area contributed by atoms with Crippen LogP contribution >= 0.6 is 0 Å². The molecule has 1 N–H and O–H groups in total. The summed E-state index contributed by atoms with van der Waals surface area (Å²) in [6, 6.07) is 0. The van der Waals surface area contributed by atoms with Gasteiger partial charge in [0.1, 0.15) is 0 Å². The molecule has 0 rings (SSSR count). The van der Waals surface area contributed by atoms with Crippen LogP contribution in [0, 0.1) is 0 Å². The monoisotopic (exact) mass is 179 g/mol. The molecule has 0 aliphatic carbocycles. The van der Waals surface area contributed by atoms with Crippen LogP contribution in [0.25, 0.3) is 0 Å². The van der Waals surface area contributed by atoms with Gasteiger partial charge in [0, 0.05) is 6.08 Å². The van der Waals surface area contributed by atoms with Crippen molar-refractivity contribution >= 4 is 41.4 Å². The van der Waals surface area contributed by atoms with Crippen molar-refractivity contribution < 1.29 is 14.3 Å². The number of rotatable bonds is 4. The average Bonchev–Trinajstić information content (AvgIpc) is 2.04. The summed E-state index contributed by atoms with van der Waals surface area (Å²) in [7, 11) is 0. The molecular weight excluding hydrogens is 169 g/mol. The van der Waals surface area contributed by atoms with E-state index in [2.05, 4.69) is 23.2 Å². The molecule has 1 amide bonds. The predicted octanol–water partition coefficient (Wildman–Crippen LogP) is -0.673. The van der Waals surface area contributed by atoms with Gasteiger partial charge in [-0.05, 0) is 6.08 Å². The van der Waals surface area contributed by atoms with E-state index >= 15 is 0 Å². The van der Waals surface area contributed by atoms with Gasteiger partial charge in [0.15, 0.2) is 6.73 Å². The van der Waals surface area contributed by atoms with Crippen molar-refractivity contribution in [3.8, 4) is 0 Å². The van der Waals surface area contributed by atoms with Crippen molar-refractivity contribution in [1.29, 1.82) is 0 Å². The minimum atomic E-state index is -0.575. The maximum atomic E-state index is 10.4. The van der Waals surface area contributed by atoms with Crippen molar-refractivity contribution in [3.63, 3.8) is 0 Å². The zero-order valence-electron chi connectivity index (χ0n) is 6.00. The van der Waals surface area contributed by atoms with Crippen molar-refractivity contribution in [2.45, 2.75) is 0 Å². The predicted molar refractivity (Wildman–Crippen MR) is 46.6 cm³/mol. The Labute approximate surface area is 92.9 Å². The molecule has 0 aliphatic heterocycles.